The Morgan fingerprint density at radius 2 is 1.42 bits per heavy atom. The number of hydrogen-bond acceptors (Lipinski definition) is 8. The number of carboxylic acids is 3. The van der Waals surface area contributed by atoms with Crippen LogP contribution in [0, 0.1) is 0 Å². The monoisotopic (exact) mass is 601 g/mol. The van der Waals surface area contributed by atoms with Crippen molar-refractivity contribution < 1.29 is 53.6 Å². The molecule has 2 rings (SSSR count). The summed E-state index contributed by atoms with van der Waals surface area (Å²) in [6.07, 6.45) is -1.53. The van der Waals surface area contributed by atoms with Crippen LogP contribution < -0.4 is 20.7 Å². The molecule has 0 saturated heterocycles. The summed E-state index contributed by atoms with van der Waals surface area (Å²) in [4.78, 5) is 72.1. The minimum atomic E-state index is -2.12. The molecule has 6 N–H and O–H groups in total. The highest BCUT2D eigenvalue weighted by atomic mass is 16.5. The van der Waals surface area contributed by atoms with E-state index in [0.717, 1.165) is 12.8 Å². The molecule has 2 aromatic carbocycles. The second-order valence-electron chi connectivity index (χ2n) is 9.44. The van der Waals surface area contributed by atoms with Gasteiger partial charge in [-0.3, -0.25) is 14.4 Å². The van der Waals surface area contributed by atoms with Crippen LogP contribution in [-0.2, 0) is 41.7 Å². The fraction of sp³-hybridized carbons (Fsp3) is 0.379. The van der Waals surface area contributed by atoms with Crippen molar-refractivity contribution in [3.8, 4) is 5.75 Å². The third kappa shape index (κ3) is 12.5. The molecule has 2 aromatic rings. The lowest BCUT2D eigenvalue weighted by molar-refractivity contribution is -0.159. The number of carbonyl (C=O) groups excluding carboxylic acids is 3. The molecule has 0 saturated carbocycles. The number of nitrogens with one attached hydrogen (secondary N) is 3. The Hall–Kier alpha value is -5.14. The molecule has 0 aliphatic rings. The molecular weight excluding hydrogens is 566 g/mol. The average molecular weight is 602 g/mol. The van der Waals surface area contributed by atoms with E-state index in [0.29, 0.717) is 24.1 Å². The smallest absolute Gasteiger partial charge is 0.408 e. The van der Waals surface area contributed by atoms with Gasteiger partial charge < -0.3 is 40.7 Å². The molecule has 0 aliphatic carbocycles. The molecule has 0 heterocycles. The van der Waals surface area contributed by atoms with Crippen molar-refractivity contribution in [1.29, 1.82) is 0 Å². The Kier molecular flexibility index (Phi) is 14.0. The van der Waals surface area contributed by atoms with E-state index >= 15 is 0 Å². The number of unbranched alkanes of at least 4 members (excludes halogenated alkanes) is 2. The SMILES string of the molecule is CCCCCNC(=O)[C@H](Cc1ccc(OC(C(=O)O)C(=O)O)cc1)NC(=O)[C@H](CC(=O)O)NC(=O)OCc1ccccc1. The number of ether oxygens (including phenoxy) is 2. The number of alkyl carbamates (subject to hydrolysis) is 1. The number of hydrogen-bond donors (Lipinski definition) is 6. The van der Waals surface area contributed by atoms with Gasteiger partial charge in [-0.15, -0.1) is 0 Å². The first-order valence-corrected chi connectivity index (χ1v) is 13.5. The number of amides is 3. The summed E-state index contributed by atoms with van der Waals surface area (Å²) in [6.45, 7) is 2.21. The van der Waals surface area contributed by atoms with Crippen LogP contribution in [0.15, 0.2) is 54.6 Å². The first-order valence-electron chi connectivity index (χ1n) is 13.5. The summed E-state index contributed by atoms with van der Waals surface area (Å²) in [6, 6.07) is 11.5. The molecule has 0 aromatic heterocycles. The van der Waals surface area contributed by atoms with Crippen molar-refractivity contribution >= 4 is 35.8 Å². The molecule has 14 nitrogen and oxygen atoms in total. The summed E-state index contributed by atoms with van der Waals surface area (Å²) < 4.78 is 10.1. The zero-order chi connectivity index (χ0) is 31.8. The molecule has 0 spiro atoms. The van der Waals surface area contributed by atoms with Crippen LogP contribution in [0.5, 0.6) is 5.75 Å². The van der Waals surface area contributed by atoms with Crippen molar-refractivity contribution in [2.24, 2.45) is 0 Å². The molecule has 14 heteroatoms. The maximum Gasteiger partial charge on any atom is 0.408 e. The van der Waals surface area contributed by atoms with Gasteiger partial charge >= 0.3 is 24.0 Å². The zero-order valence-corrected chi connectivity index (χ0v) is 23.5. The van der Waals surface area contributed by atoms with E-state index < -0.39 is 60.4 Å². The zero-order valence-electron chi connectivity index (χ0n) is 23.5. The Morgan fingerprint density at radius 1 is 0.767 bits per heavy atom. The quantitative estimate of drug-likeness (QED) is 0.107. The minimum Gasteiger partial charge on any atom is -0.481 e. The van der Waals surface area contributed by atoms with Crippen LogP contribution in [0.2, 0.25) is 0 Å². The lowest BCUT2D eigenvalue weighted by atomic mass is 10.0. The lowest BCUT2D eigenvalue weighted by Gasteiger charge is -2.22. The first kappa shape index (κ1) is 34.1. The Labute approximate surface area is 247 Å². The Morgan fingerprint density at radius 3 is 2.00 bits per heavy atom. The van der Waals surface area contributed by atoms with Gasteiger partial charge in [0.05, 0.1) is 6.42 Å². The van der Waals surface area contributed by atoms with Crippen LogP contribution >= 0.6 is 0 Å². The van der Waals surface area contributed by atoms with Crippen molar-refractivity contribution in [2.75, 3.05) is 6.54 Å². The van der Waals surface area contributed by atoms with E-state index in [9.17, 15) is 33.9 Å². The van der Waals surface area contributed by atoms with Crippen molar-refractivity contribution in [3.05, 3.63) is 65.7 Å². The molecule has 0 bridgehead atoms. The third-order valence-corrected chi connectivity index (χ3v) is 5.98. The summed E-state index contributed by atoms with van der Waals surface area (Å²) in [5, 5.41) is 34.8. The second kappa shape index (κ2) is 17.6. The van der Waals surface area contributed by atoms with E-state index in [1.807, 2.05) is 6.92 Å². The number of rotatable bonds is 18. The van der Waals surface area contributed by atoms with Gasteiger partial charge in [0.25, 0.3) is 6.10 Å². The topological polar surface area (TPSA) is 218 Å². The van der Waals surface area contributed by atoms with Crippen LogP contribution in [0.3, 0.4) is 0 Å². The van der Waals surface area contributed by atoms with Gasteiger partial charge in [0.15, 0.2) is 0 Å². The molecule has 0 fully saturated rings. The number of carbonyl (C=O) groups is 6. The molecule has 0 radical (unpaired) electrons. The number of benzene rings is 2. The maximum absolute atomic E-state index is 13.1. The van der Waals surface area contributed by atoms with Crippen molar-refractivity contribution in [1.82, 2.24) is 16.0 Å². The van der Waals surface area contributed by atoms with Crippen LogP contribution in [0.1, 0.15) is 43.7 Å². The van der Waals surface area contributed by atoms with E-state index in [1.54, 1.807) is 30.3 Å². The van der Waals surface area contributed by atoms with Crippen LogP contribution in [0.25, 0.3) is 0 Å². The molecule has 3 amide bonds. The predicted molar refractivity (Wildman–Crippen MR) is 150 cm³/mol. The highest BCUT2D eigenvalue weighted by Crippen LogP contribution is 2.16. The van der Waals surface area contributed by atoms with E-state index in [-0.39, 0.29) is 18.8 Å². The molecule has 0 aliphatic heterocycles. The average Bonchev–Trinajstić information content (AvgIpc) is 2.97. The first-order chi connectivity index (χ1) is 20.5. The number of carboxylic acid groups (broad SMARTS) is 3. The summed E-state index contributed by atoms with van der Waals surface area (Å²) in [7, 11) is 0. The maximum atomic E-state index is 13.1. The third-order valence-electron chi connectivity index (χ3n) is 5.98. The molecule has 43 heavy (non-hydrogen) atoms. The number of aliphatic carboxylic acids is 3. The minimum absolute atomic E-state index is 0.0529. The van der Waals surface area contributed by atoms with Gasteiger partial charge in [-0.2, -0.15) is 0 Å². The molecule has 2 atom stereocenters. The van der Waals surface area contributed by atoms with Crippen LogP contribution in [-0.4, -0.2) is 75.9 Å². The van der Waals surface area contributed by atoms with Gasteiger partial charge in [0.2, 0.25) is 11.8 Å². The van der Waals surface area contributed by atoms with Crippen molar-refractivity contribution in [2.45, 2.75) is 63.8 Å². The summed E-state index contributed by atoms with van der Waals surface area (Å²) in [5.74, 6) is -6.29. The van der Waals surface area contributed by atoms with Gasteiger partial charge in [-0.25, -0.2) is 14.4 Å². The molecule has 232 valence electrons. The highest BCUT2D eigenvalue weighted by molar-refractivity contribution is 5.96. The fourth-order valence-corrected chi connectivity index (χ4v) is 3.76. The Bertz CT molecular complexity index is 1240. The normalized spacial score (nSPS) is 12.0. The van der Waals surface area contributed by atoms with E-state index in [1.165, 1.54) is 24.3 Å². The van der Waals surface area contributed by atoms with Crippen LogP contribution in [0.4, 0.5) is 4.79 Å². The summed E-state index contributed by atoms with van der Waals surface area (Å²) >= 11 is 0. The predicted octanol–water partition coefficient (Wildman–Crippen LogP) is 1.71. The fourth-order valence-electron chi connectivity index (χ4n) is 3.76. The van der Waals surface area contributed by atoms with Gasteiger partial charge in [-0.1, -0.05) is 62.2 Å². The van der Waals surface area contributed by atoms with E-state index in [4.69, 9.17) is 19.7 Å². The Balaban J connectivity index is 2.15. The largest absolute Gasteiger partial charge is 0.481 e. The summed E-state index contributed by atoms with van der Waals surface area (Å²) in [5.41, 5.74) is 1.16. The van der Waals surface area contributed by atoms with E-state index in [2.05, 4.69) is 16.0 Å². The molecule has 0 unspecified atom stereocenters. The van der Waals surface area contributed by atoms with Gasteiger partial charge in [0, 0.05) is 13.0 Å². The van der Waals surface area contributed by atoms with Gasteiger partial charge in [0.1, 0.15) is 24.4 Å². The van der Waals surface area contributed by atoms with Crippen molar-refractivity contribution in [3.63, 3.8) is 0 Å². The lowest BCUT2D eigenvalue weighted by Crippen LogP contribution is -2.55. The standard InChI is InChI=1S/C29H35N3O11/c1-2-3-7-14-30-25(35)21(15-18-10-12-20(13-11-18)43-24(27(37)38)28(39)40)31-26(36)22(16-23(33)34)32-29(41)42-17-19-8-5-4-6-9-19/h4-6,8-13,21-22,24H,2-3,7,14-17H2,1H3,(H,30,35)(H,31,36)(H,32,41)(H,33,34)(H,37,38)(H,39,40)/t21-,22-/m0/s1. The molecular formula is C29H35N3O11. The highest BCUT2D eigenvalue weighted by Gasteiger charge is 2.30. The van der Waals surface area contributed by atoms with Gasteiger partial charge in [-0.05, 0) is 29.7 Å². The second-order valence-corrected chi connectivity index (χ2v) is 9.44.